The van der Waals surface area contributed by atoms with Crippen molar-refractivity contribution in [3.63, 3.8) is 0 Å². The first-order valence-corrected chi connectivity index (χ1v) is 6.91. The molecule has 2 rings (SSSR count). The number of ether oxygens (including phenoxy) is 2. The zero-order valence-corrected chi connectivity index (χ0v) is 13.3. The summed E-state index contributed by atoms with van der Waals surface area (Å²) in [4.78, 5) is 15.4. The van der Waals surface area contributed by atoms with Gasteiger partial charge in [-0.1, -0.05) is 0 Å². The van der Waals surface area contributed by atoms with Crippen molar-refractivity contribution in [1.82, 2.24) is 4.98 Å². The second-order valence-electron chi connectivity index (χ2n) is 4.30. The second-order valence-corrected chi connectivity index (χ2v) is 5.15. The van der Waals surface area contributed by atoms with Crippen LogP contribution in [0.15, 0.2) is 28.9 Å². The molecule has 0 unspecified atom stereocenters. The molecule has 0 atom stereocenters. The molecule has 22 heavy (non-hydrogen) atoms. The van der Waals surface area contributed by atoms with E-state index in [0.29, 0.717) is 21.3 Å². The molecule has 0 fully saturated rings. The monoisotopic (exact) mass is 362 g/mol. The van der Waals surface area contributed by atoms with E-state index in [1.807, 2.05) is 6.07 Å². The minimum absolute atomic E-state index is 0.0409. The largest absolute Gasteiger partial charge is 0.493 e. The number of benzene rings is 1. The highest BCUT2D eigenvalue weighted by atomic mass is 79.9. The van der Waals surface area contributed by atoms with Gasteiger partial charge < -0.3 is 14.6 Å². The first-order chi connectivity index (χ1) is 10.5. The van der Waals surface area contributed by atoms with Crippen molar-refractivity contribution in [1.29, 1.82) is 5.26 Å². The van der Waals surface area contributed by atoms with Gasteiger partial charge in [-0.05, 0) is 40.5 Å². The average molecular weight is 363 g/mol. The predicted molar refractivity (Wildman–Crippen MR) is 81.4 cm³/mol. The van der Waals surface area contributed by atoms with E-state index in [1.165, 1.54) is 25.4 Å². The van der Waals surface area contributed by atoms with Gasteiger partial charge in [0.05, 0.1) is 18.7 Å². The van der Waals surface area contributed by atoms with E-state index in [0.717, 1.165) is 0 Å². The van der Waals surface area contributed by atoms with E-state index in [9.17, 15) is 9.90 Å². The van der Waals surface area contributed by atoms with Crippen LogP contribution in [0.1, 0.15) is 21.5 Å². The third kappa shape index (κ3) is 3.02. The number of aromatic carboxylic acids is 1. The first-order valence-electron chi connectivity index (χ1n) is 6.12. The summed E-state index contributed by atoms with van der Waals surface area (Å²) in [5.74, 6) is -0.596. The van der Waals surface area contributed by atoms with Crippen LogP contribution in [0.5, 0.6) is 17.4 Å². The van der Waals surface area contributed by atoms with Gasteiger partial charge in [-0.2, -0.15) is 5.26 Å². The number of methoxy groups -OCH3 is 1. The minimum atomic E-state index is -1.14. The van der Waals surface area contributed by atoms with E-state index in [4.69, 9.17) is 14.7 Å². The normalized spacial score (nSPS) is 9.91. The fraction of sp³-hybridized carbons (Fsp3) is 0.133. The number of nitriles is 1. The molecule has 2 aromatic rings. The zero-order valence-electron chi connectivity index (χ0n) is 11.8. The molecule has 0 saturated heterocycles. The molecule has 7 heteroatoms. The van der Waals surface area contributed by atoms with Crippen LogP contribution in [0, 0.1) is 18.3 Å². The molecule has 0 aliphatic heterocycles. The topological polar surface area (TPSA) is 92.4 Å². The number of hydrogen-bond donors (Lipinski definition) is 1. The summed E-state index contributed by atoms with van der Waals surface area (Å²) in [6.07, 6.45) is 1.47. The van der Waals surface area contributed by atoms with Crippen LogP contribution in [0.2, 0.25) is 0 Å². The lowest BCUT2D eigenvalue weighted by molar-refractivity contribution is 0.0692. The summed E-state index contributed by atoms with van der Waals surface area (Å²) in [6, 6.07) is 6.56. The SMILES string of the molecule is COc1cc(C#N)ccc1Oc1ncc(Br)c(C)c1C(=O)O. The number of hydrogen-bond acceptors (Lipinski definition) is 5. The lowest BCUT2D eigenvalue weighted by atomic mass is 10.1. The van der Waals surface area contributed by atoms with Crippen molar-refractivity contribution in [2.75, 3.05) is 7.11 Å². The molecule has 1 N–H and O–H groups in total. The number of pyridine rings is 1. The molecule has 1 aromatic heterocycles. The minimum Gasteiger partial charge on any atom is -0.493 e. The first kappa shape index (κ1) is 15.8. The molecular weight excluding hydrogens is 352 g/mol. The molecule has 1 heterocycles. The fourth-order valence-corrected chi connectivity index (χ4v) is 2.11. The van der Waals surface area contributed by atoms with E-state index >= 15 is 0 Å². The van der Waals surface area contributed by atoms with Crippen LogP contribution < -0.4 is 9.47 Å². The molecule has 0 aliphatic carbocycles. The van der Waals surface area contributed by atoms with E-state index in [1.54, 1.807) is 13.0 Å². The highest BCUT2D eigenvalue weighted by Gasteiger charge is 2.20. The summed E-state index contributed by atoms with van der Waals surface area (Å²) in [7, 11) is 1.43. The van der Waals surface area contributed by atoms with Crippen molar-refractivity contribution in [3.8, 4) is 23.4 Å². The third-order valence-electron chi connectivity index (χ3n) is 2.96. The Labute approximate surface area is 135 Å². The number of carbonyl (C=O) groups is 1. The quantitative estimate of drug-likeness (QED) is 0.894. The van der Waals surface area contributed by atoms with Crippen LogP contribution in [0.25, 0.3) is 0 Å². The summed E-state index contributed by atoms with van der Waals surface area (Å²) in [6.45, 7) is 1.65. The van der Waals surface area contributed by atoms with Crippen molar-refractivity contribution >= 4 is 21.9 Å². The molecule has 1 aromatic carbocycles. The number of nitrogens with zero attached hydrogens (tertiary/aromatic N) is 2. The molecular formula is C15H11BrN2O4. The van der Waals surface area contributed by atoms with Gasteiger partial charge >= 0.3 is 5.97 Å². The Balaban J connectivity index is 2.50. The predicted octanol–water partition coefficient (Wildman–Crippen LogP) is 3.52. The van der Waals surface area contributed by atoms with Gasteiger partial charge in [0.25, 0.3) is 0 Å². The van der Waals surface area contributed by atoms with E-state index in [-0.39, 0.29) is 17.2 Å². The average Bonchev–Trinajstić information content (AvgIpc) is 2.51. The maximum Gasteiger partial charge on any atom is 0.341 e. The van der Waals surface area contributed by atoms with Crippen molar-refractivity contribution < 1.29 is 19.4 Å². The maximum absolute atomic E-state index is 11.4. The standard InChI is InChI=1S/C15H11BrN2O4/c1-8-10(16)7-18-14(13(8)15(19)20)22-11-4-3-9(6-17)5-12(11)21-2/h3-5,7H,1-2H3,(H,19,20). The smallest absolute Gasteiger partial charge is 0.341 e. The van der Waals surface area contributed by atoms with Crippen LogP contribution in [-0.2, 0) is 0 Å². The molecule has 112 valence electrons. The Kier molecular flexibility index (Phi) is 4.63. The number of halogens is 1. The Hall–Kier alpha value is -2.59. The number of aromatic nitrogens is 1. The van der Waals surface area contributed by atoms with E-state index in [2.05, 4.69) is 20.9 Å². The van der Waals surface area contributed by atoms with Crippen LogP contribution >= 0.6 is 15.9 Å². The second kappa shape index (κ2) is 6.45. The maximum atomic E-state index is 11.4. The van der Waals surface area contributed by atoms with Gasteiger partial charge in [-0.15, -0.1) is 0 Å². The molecule has 0 bridgehead atoms. The van der Waals surface area contributed by atoms with Gasteiger partial charge in [0.1, 0.15) is 5.56 Å². The molecule has 0 radical (unpaired) electrons. The number of carboxylic acid groups (broad SMARTS) is 1. The Morgan fingerprint density at radius 3 is 2.73 bits per heavy atom. The molecule has 0 amide bonds. The van der Waals surface area contributed by atoms with Gasteiger partial charge in [0.15, 0.2) is 11.5 Å². The molecule has 0 aliphatic rings. The Bertz CT molecular complexity index is 784. The van der Waals surface area contributed by atoms with Gasteiger partial charge in [0.2, 0.25) is 5.88 Å². The third-order valence-corrected chi connectivity index (χ3v) is 3.75. The Morgan fingerprint density at radius 2 is 2.14 bits per heavy atom. The zero-order chi connectivity index (χ0) is 16.3. The van der Waals surface area contributed by atoms with E-state index < -0.39 is 5.97 Å². The summed E-state index contributed by atoms with van der Waals surface area (Å²) in [5, 5.41) is 18.2. The van der Waals surface area contributed by atoms with Gasteiger partial charge in [-0.25, -0.2) is 9.78 Å². The summed E-state index contributed by atoms with van der Waals surface area (Å²) >= 11 is 3.24. The number of rotatable bonds is 4. The summed E-state index contributed by atoms with van der Waals surface area (Å²) < 4.78 is 11.3. The van der Waals surface area contributed by atoms with Crippen LogP contribution in [-0.4, -0.2) is 23.2 Å². The lowest BCUT2D eigenvalue weighted by Crippen LogP contribution is -2.06. The van der Waals surface area contributed by atoms with Crippen molar-refractivity contribution in [3.05, 3.63) is 45.6 Å². The molecule has 6 nitrogen and oxygen atoms in total. The highest BCUT2D eigenvalue weighted by molar-refractivity contribution is 9.10. The van der Waals surface area contributed by atoms with Crippen LogP contribution in [0.3, 0.4) is 0 Å². The van der Waals surface area contributed by atoms with Gasteiger partial charge in [0, 0.05) is 16.7 Å². The molecule has 0 spiro atoms. The fourth-order valence-electron chi connectivity index (χ4n) is 1.81. The van der Waals surface area contributed by atoms with Crippen LogP contribution in [0.4, 0.5) is 0 Å². The van der Waals surface area contributed by atoms with Crippen molar-refractivity contribution in [2.45, 2.75) is 6.92 Å². The van der Waals surface area contributed by atoms with Crippen molar-refractivity contribution in [2.24, 2.45) is 0 Å². The summed E-state index contributed by atoms with van der Waals surface area (Å²) in [5.41, 5.74) is 0.869. The van der Waals surface area contributed by atoms with Gasteiger partial charge in [-0.3, -0.25) is 0 Å². The number of carboxylic acids is 1. The lowest BCUT2D eigenvalue weighted by Gasteiger charge is -2.13. The Morgan fingerprint density at radius 1 is 1.41 bits per heavy atom. The highest BCUT2D eigenvalue weighted by Crippen LogP contribution is 2.34. The molecule has 0 saturated carbocycles.